The summed E-state index contributed by atoms with van der Waals surface area (Å²) < 4.78 is 0.398. The average molecular weight is 238 g/mol. The molecule has 0 aliphatic heterocycles. The van der Waals surface area contributed by atoms with E-state index in [-0.39, 0.29) is 0 Å². The smallest absolute Gasteiger partial charge is 0.0272 e. The molecule has 1 aliphatic carbocycles. The van der Waals surface area contributed by atoms with Crippen molar-refractivity contribution in [2.75, 3.05) is 0 Å². The van der Waals surface area contributed by atoms with Gasteiger partial charge in [0.05, 0.1) is 0 Å². The molecule has 0 fully saturated rings. The summed E-state index contributed by atoms with van der Waals surface area (Å²) in [7, 11) is 0. The summed E-state index contributed by atoms with van der Waals surface area (Å²) in [6.07, 6.45) is 9.35. The molecule has 0 aromatic rings. The van der Waals surface area contributed by atoms with Gasteiger partial charge in [0, 0.05) is 10.00 Å². The van der Waals surface area contributed by atoms with E-state index in [1.165, 1.54) is 12.8 Å². The van der Waals surface area contributed by atoms with E-state index in [1.807, 2.05) is 0 Å². The molecule has 0 unspecified atom stereocenters. The van der Waals surface area contributed by atoms with Crippen molar-refractivity contribution in [1.82, 2.24) is 0 Å². The van der Waals surface area contributed by atoms with E-state index in [0.29, 0.717) is 15.4 Å². The van der Waals surface area contributed by atoms with Crippen molar-refractivity contribution < 1.29 is 0 Å². The second-order valence-electron chi connectivity index (χ2n) is 6.30. The molecule has 0 amide bonds. The predicted molar refractivity (Wildman–Crippen MR) is 77.0 cm³/mol. The lowest BCUT2D eigenvalue weighted by Crippen LogP contribution is -2.22. The standard InChI is InChI=1S/C15H26S/c1-7-15(5,6)16-13-10-8-9-12(11-13)14(2,3)4/h8-10,13H,7,11H2,1-6H3/t13-/m0/s1. The van der Waals surface area contributed by atoms with Gasteiger partial charge in [-0.25, -0.2) is 0 Å². The third kappa shape index (κ3) is 4.01. The summed E-state index contributed by atoms with van der Waals surface area (Å²) in [6.45, 7) is 13.9. The number of allylic oxidation sites excluding steroid dienone is 3. The van der Waals surface area contributed by atoms with Gasteiger partial charge in [-0.3, -0.25) is 0 Å². The molecule has 92 valence electrons. The quantitative estimate of drug-likeness (QED) is 0.650. The Kier molecular flexibility index (Phi) is 4.34. The zero-order chi connectivity index (χ0) is 12.4. The zero-order valence-corrected chi connectivity index (χ0v) is 12.4. The summed E-state index contributed by atoms with van der Waals surface area (Å²) in [5, 5.41) is 0.661. The van der Waals surface area contributed by atoms with Gasteiger partial charge in [0.25, 0.3) is 0 Å². The summed E-state index contributed by atoms with van der Waals surface area (Å²) in [4.78, 5) is 0. The third-order valence-corrected chi connectivity index (χ3v) is 4.88. The molecular formula is C15H26S. The molecule has 1 heteroatoms. The Morgan fingerprint density at radius 2 is 1.88 bits per heavy atom. The van der Waals surface area contributed by atoms with Crippen LogP contribution in [0.1, 0.15) is 54.4 Å². The van der Waals surface area contributed by atoms with Crippen LogP contribution >= 0.6 is 11.8 Å². The average Bonchev–Trinajstić information content (AvgIpc) is 2.16. The Morgan fingerprint density at radius 1 is 1.25 bits per heavy atom. The Morgan fingerprint density at radius 3 is 2.38 bits per heavy atom. The Hall–Kier alpha value is -0.170. The van der Waals surface area contributed by atoms with Crippen LogP contribution in [0.3, 0.4) is 0 Å². The van der Waals surface area contributed by atoms with Crippen molar-refractivity contribution in [3.05, 3.63) is 23.8 Å². The van der Waals surface area contributed by atoms with Gasteiger partial charge in [-0.15, -0.1) is 11.8 Å². The zero-order valence-electron chi connectivity index (χ0n) is 11.6. The van der Waals surface area contributed by atoms with Crippen molar-refractivity contribution in [1.29, 1.82) is 0 Å². The molecule has 1 atom stereocenters. The highest BCUT2D eigenvalue weighted by Crippen LogP contribution is 2.40. The van der Waals surface area contributed by atoms with Crippen molar-refractivity contribution in [2.45, 2.75) is 64.4 Å². The topological polar surface area (TPSA) is 0 Å². The summed E-state index contributed by atoms with van der Waals surface area (Å²) in [5.74, 6) is 0. The fraction of sp³-hybridized carbons (Fsp3) is 0.733. The van der Waals surface area contributed by atoms with Crippen molar-refractivity contribution in [3.63, 3.8) is 0 Å². The highest BCUT2D eigenvalue weighted by molar-refractivity contribution is 8.01. The number of hydrogen-bond donors (Lipinski definition) is 0. The minimum atomic E-state index is 0.319. The molecule has 0 saturated heterocycles. The second kappa shape index (κ2) is 5.00. The minimum Gasteiger partial charge on any atom is -0.148 e. The van der Waals surface area contributed by atoms with Gasteiger partial charge in [-0.1, -0.05) is 65.3 Å². The van der Waals surface area contributed by atoms with E-state index in [4.69, 9.17) is 0 Å². The van der Waals surface area contributed by atoms with Crippen LogP contribution in [0.5, 0.6) is 0 Å². The van der Waals surface area contributed by atoms with Crippen LogP contribution in [0.4, 0.5) is 0 Å². The molecular weight excluding hydrogens is 212 g/mol. The van der Waals surface area contributed by atoms with Crippen molar-refractivity contribution in [2.24, 2.45) is 5.41 Å². The van der Waals surface area contributed by atoms with Gasteiger partial charge in [-0.05, 0) is 18.3 Å². The molecule has 0 nitrogen and oxygen atoms in total. The van der Waals surface area contributed by atoms with Gasteiger partial charge in [-0.2, -0.15) is 0 Å². The van der Waals surface area contributed by atoms with Crippen LogP contribution in [0.25, 0.3) is 0 Å². The molecule has 1 rings (SSSR count). The van der Waals surface area contributed by atoms with E-state index < -0.39 is 0 Å². The molecule has 0 bridgehead atoms. The highest BCUT2D eigenvalue weighted by atomic mass is 32.2. The summed E-state index contributed by atoms with van der Waals surface area (Å²) >= 11 is 2.12. The van der Waals surface area contributed by atoms with Crippen LogP contribution in [0, 0.1) is 5.41 Å². The Labute approximate surface area is 106 Å². The van der Waals surface area contributed by atoms with Crippen LogP contribution in [0.15, 0.2) is 23.8 Å². The van der Waals surface area contributed by atoms with E-state index in [9.17, 15) is 0 Å². The van der Waals surface area contributed by atoms with Crippen LogP contribution in [-0.4, -0.2) is 10.00 Å². The number of thioether (sulfide) groups is 1. The maximum Gasteiger partial charge on any atom is 0.0272 e. The maximum absolute atomic E-state index is 2.36. The molecule has 0 aromatic carbocycles. The Bertz CT molecular complexity index is 289. The van der Waals surface area contributed by atoms with E-state index in [1.54, 1.807) is 5.57 Å². The van der Waals surface area contributed by atoms with Gasteiger partial charge in [0.2, 0.25) is 0 Å². The lowest BCUT2D eigenvalue weighted by atomic mass is 9.82. The van der Waals surface area contributed by atoms with E-state index in [2.05, 4.69) is 71.5 Å². The fourth-order valence-electron chi connectivity index (χ4n) is 1.78. The predicted octanol–water partition coefficient (Wildman–Crippen LogP) is 5.21. The summed E-state index contributed by atoms with van der Waals surface area (Å²) in [6, 6.07) is 0. The Balaban J connectivity index is 2.64. The lowest BCUT2D eigenvalue weighted by molar-refractivity contribution is 0.482. The number of rotatable bonds is 3. The van der Waals surface area contributed by atoms with E-state index >= 15 is 0 Å². The van der Waals surface area contributed by atoms with Gasteiger partial charge in [0.15, 0.2) is 0 Å². The molecule has 0 N–H and O–H groups in total. The highest BCUT2D eigenvalue weighted by Gasteiger charge is 2.26. The first-order valence-corrected chi connectivity index (χ1v) is 7.18. The van der Waals surface area contributed by atoms with Crippen LogP contribution in [-0.2, 0) is 0 Å². The molecule has 16 heavy (non-hydrogen) atoms. The number of hydrogen-bond acceptors (Lipinski definition) is 1. The van der Waals surface area contributed by atoms with Crippen LogP contribution < -0.4 is 0 Å². The molecule has 0 aromatic heterocycles. The lowest BCUT2D eigenvalue weighted by Gasteiger charge is -2.32. The van der Waals surface area contributed by atoms with Gasteiger partial charge < -0.3 is 0 Å². The van der Waals surface area contributed by atoms with Crippen molar-refractivity contribution in [3.8, 4) is 0 Å². The molecule has 0 spiro atoms. The monoisotopic (exact) mass is 238 g/mol. The largest absolute Gasteiger partial charge is 0.148 e. The fourth-order valence-corrected chi connectivity index (χ4v) is 3.20. The first-order valence-electron chi connectivity index (χ1n) is 6.30. The first kappa shape index (κ1) is 13.9. The molecule has 0 heterocycles. The minimum absolute atomic E-state index is 0.319. The van der Waals surface area contributed by atoms with Crippen molar-refractivity contribution >= 4 is 11.8 Å². The second-order valence-corrected chi connectivity index (χ2v) is 8.25. The summed E-state index contributed by atoms with van der Waals surface area (Å²) in [5.41, 5.74) is 1.90. The van der Waals surface area contributed by atoms with Crippen LogP contribution in [0.2, 0.25) is 0 Å². The van der Waals surface area contributed by atoms with Gasteiger partial charge in [0.1, 0.15) is 0 Å². The third-order valence-electron chi connectivity index (χ3n) is 3.33. The van der Waals surface area contributed by atoms with Gasteiger partial charge >= 0.3 is 0 Å². The maximum atomic E-state index is 2.36. The first-order chi connectivity index (χ1) is 7.24. The molecule has 1 aliphatic rings. The normalized spacial score (nSPS) is 22.1. The van der Waals surface area contributed by atoms with E-state index in [0.717, 1.165) is 0 Å². The SMILES string of the molecule is CCC(C)(C)S[C@H]1C=CC=C(C(C)(C)C)C1. The molecule has 0 radical (unpaired) electrons. The molecule has 0 saturated carbocycles.